The Balaban J connectivity index is 2.73. The molecule has 0 atom stereocenters. The number of anilines is 1. The maximum atomic E-state index is 5.84. The molecule has 0 aliphatic rings. The summed E-state index contributed by atoms with van der Waals surface area (Å²) in [5.74, 6) is 1.89. The van der Waals surface area contributed by atoms with Crippen molar-refractivity contribution < 1.29 is 0 Å². The Kier molecular flexibility index (Phi) is 4.48. The molecule has 5 heteroatoms. The van der Waals surface area contributed by atoms with Gasteiger partial charge in [-0.05, 0) is 31.2 Å². The fourth-order valence-electron chi connectivity index (χ4n) is 1.02. The Morgan fingerprint density at radius 3 is 2.64 bits per heavy atom. The minimum absolute atomic E-state index is 0.484. The van der Waals surface area contributed by atoms with Crippen LogP contribution in [0.2, 0.25) is 5.15 Å². The molecule has 0 aliphatic heterocycles. The molecule has 14 heavy (non-hydrogen) atoms. The van der Waals surface area contributed by atoms with Crippen LogP contribution in [0.15, 0.2) is 0 Å². The molecule has 1 heterocycles. The van der Waals surface area contributed by atoms with Crippen LogP contribution in [0.3, 0.4) is 0 Å². The first-order chi connectivity index (χ1) is 6.66. The highest BCUT2D eigenvalue weighted by Gasteiger charge is 2.06. The van der Waals surface area contributed by atoms with Crippen molar-refractivity contribution in [2.75, 3.05) is 23.9 Å². The zero-order valence-electron chi connectivity index (χ0n) is 8.59. The number of thioether (sulfide) groups is 1. The zero-order chi connectivity index (χ0) is 10.6. The topological polar surface area (TPSA) is 37.8 Å². The van der Waals surface area contributed by atoms with Gasteiger partial charge in [0.1, 0.15) is 0 Å². The highest BCUT2D eigenvalue weighted by atomic mass is 35.5. The van der Waals surface area contributed by atoms with Crippen molar-refractivity contribution in [1.29, 1.82) is 0 Å². The van der Waals surface area contributed by atoms with E-state index in [1.165, 1.54) is 0 Å². The van der Waals surface area contributed by atoms with Crippen LogP contribution in [0.25, 0.3) is 0 Å². The average Bonchev–Trinajstić information content (AvgIpc) is 2.18. The Labute approximate surface area is 93.6 Å². The van der Waals surface area contributed by atoms with Gasteiger partial charge in [-0.3, -0.25) is 0 Å². The SMILES string of the molecule is CSCCNc1nnc(Cl)c(C)c1C. The van der Waals surface area contributed by atoms with Gasteiger partial charge < -0.3 is 5.32 Å². The van der Waals surface area contributed by atoms with Crippen LogP contribution < -0.4 is 5.32 Å². The molecule has 0 radical (unpaired) electrons. The molecule has 1 aromatic rings. The van der Waals surface area contributed by atoms with Crippen molar-refractivity contribution >= 4 is 29.2 Å². The number of aromatic nitrogens is 2. The van der Waals surface area contributed by atoms with E-state index >= 15 is 0 Å². The minimum Gasteiger partial charge on any atom is -0.368 e. The van der Waals surface area contributed by atoms with Gasteiger partial charge in [0, 0.05) is 12.3 Å². The fraction of sp³-hybridized carbons (Fsp3) is 0.556. The van der Waals surface area contributed by atoms with Crippen LogP contribution in [0.1, 0.15) is 11.1 Å². The number of halogens is 1. The lowest BCUT2D eigenvalue weighted by molar-refractivity contribution is 0.982. The molecule has 0 aromatic carbocycles. The normalized spacial score (nSPS) is 10.3. The Morgan fingerprint density at radius 1 is 1.29 bits per heavy atom. The number of hydrogen-bond donors (Lipinski definition) is 1. The summed E-state index contributed by atoms with van der Waals surface area (Å²) in [6.07, 6.45) is 2.08. The third-order valence-electron chi connectivity index (χ3n) is 2.06. The fourth-order valence-corrected chi connectivity index (χ4v) is 1.50. The minimum atomic E-state index is 0.484. The van der Waals surface area contributed by atoms with Gasteiger partial charge in [0.15, 0.2) is 11.0 Å². The first kappa shape index (κ1) is 11.6. The van der Waals surface area contributed by atoms with E-state index < -0.39 is 0 Å². The molecule has 78 valence electrons. The van der Waals surface area contributed by atoms with Crippen LogP contribution >= 0.6 is 23.4 Å². The van der Waals surface area contributed by atoms with E-state index in [0.29, 0.717) is 5.15 Å². The lowest BCUT2D eigenvalue weighted by Crippen LogP contribution is -2.08. The van der Waals surface area contributed by atoms with E-state index in [9.17, 15) is 0 Å². The number of nitrogens with one attached hydrogen (secondary N) is 1. The summed E-state index contributed by atoms with van der Waals surface area (Å²) in [5, 5.41) is 11.6. The van der Waals surface area contributed by atoms with E-state index in [4.69, 9.17) is 11.6 Å². The van der Waals surface area contributed by atoms with E-state index in [1.807, 2.05) is 13.8 Å². The summed E-state index contributed by atoms with van der Waals surface area (Å²) in [6, 6.07) is 0. The monoisotopic (exact) mass is 231 g/mol. The molecule has 0 bridgehead atoms. The summed E-state index contributed by atoms with van der Waals surface area (Å²) in [7, 11) is 0. The molecule has 1 rings (SSSR count). The Hall–Kier alpha value is -0.480. The summed E-state index contributed by atoms with van der Waals surface area (Å²) in [6.45, 7) is 4.85. The molecule has 0 spiro atoms. The van der Waals surface area contributed by atoms with Gasteiger partial charge >= 0.3 is 0 Å². The van der Waals surface area contributed by atoms with Gasteiger partial charge in [-0.15, -0.1) is 10.2 Å². The molecular formula is C9H14ClN3S. The molecule has 3 nitrogen and oxygen atoms in total. The molecule has 1 aromatic heterocycles. The smallest absolute Gasteiger partial charge is 0.155 e. The number of rotatable bonds is 4. The van der Waals surface area contributed by atoms with Gasteiger partial charge in [-0.1, -0.05) is 11.6 Å². The first-order valence-electron chi connectivity index (χ1n) is 4.39. The summed E-state index contributed by atoms with van der Waals surface area (Å²) < 4.78 is 0. The molecule has 1 N–H and O–H groups in total. The van der Waals surface area contributed by atoms with E-state index in [-0.39, 0.29) is 0 Å². The molecule has 0 unspecified atom stereocenters. The van der Waals surface area contributed by atoms with Gasteiger partial charge in [-0.25, -0.2) is 0 Å². The van der Waals surface area contributed by atoms with E-state index in [2.05, 4.69) is 21.8 Å². The van der Waals surface area contributed by atoms with E-state index in [0.717, 1.165) is 29.2 Å². The molecule has 0 saturated carbocycles. The quantitative estimate of drug-likeness (QED) is 0.809. The number of hydrogen-bond acceptors (Lipinski definition) is 4. The predicted octanol–water partition coefficient (Wildman–Crippen LogP) is 2.52. The molecular weight excluding hydrogens is 218 g/mol. The third kappa shape index (κ3) is 2.75. The highest BCUT2D eigenvalue weighted by Crippen LogP contribution is 2.20. The van der Waals surface area contributed by atoms with Crippen molar-refractivity contribution in [2.24, 2.45) is 0 Å². The maximum absolute atomic E-state index is 5.84. The molecule has 0 amide bonds. The van der Waals surface area contributed by atoms with Crippen LogP contribution in [-0.2, 0) is 0 Å². The van der Waals surface area contributed by atoms with Crippen LogP contribution in [0.5, 0.6) is 0 Å². The van der Waals surface area contributed by atoms with Crippen molar-refractivity contribution in [3.63, 3.8) is 0 Å². The molecule has 0 aliphatic carbocycles. The second-order valence-corrected chi connectivity index (χ2v) is 4.35. The van der Waals surface area contributed by atoms with E-state index in [1.54, 1.807) is 11.8 Å². The Morgan fingerprint density at radius 2 is 2.00 bits per heavy atom. The van der Waals surface area contributed by atoms with Crippen LogP contribution in [0, 0.1) is 13.8 Å². The van der Waals surface area contributed by atoms with Crippen molar-refractivity contribution in [3.05, 3.63) is 16.3 Å². The number of nitrogens with zero attached hydrogens (tertiary/aromatic N) is 2. The summed E-state index contributed by atoms with van der Waals surface area (Å²) >= 11 is 7.64. The lowest BCUT2D eigenvalue weighted by atomic mass is 10.2. The molecule has 0 fully saturated rings. The van der Waals surface area contributed by atoms with Gasteiger partial charge in [0.25, 0.3) is 0 Å². The average molecular weight is 232 g/mol. The van der Waals surface area contributed by atoms with Gasteiger partial charge in [-0.2, -0.15) is 11.8 Å². The molecule has 0 saturated heterocycles. The first-order valence-corrected chi connectivity index (χ1v) is 6.16. The lowest BCUT2D eigenvalue weighted by Gasteiger charge is -2.09. The Bertz CT molecular complexity index is 317. The zero-order valence-corrected chi connectivity index (χ0v) is 10.2. The predicted molar refractivity (Wildman–Crippen MR) is 63.4 cm³/mol. The van der Waals surface area contributed by atoms with Crippen molar-refractivity contribution in [1.82, 2.24) is 10.2 Å². The summed E-state index contributed by atoms with van der Waals surface area (Å²) in [4.78, 5) is 0. The largest absolute Gasteiger partial charge is 0.368 e. The summed E-state index contributed by atoms with van der Waals surface area (Å²) in [5.41, 5.74) is 2.07. The van der Waals surface area contributed by atoms with Crippen molar-refractivity contribution in [2.45, 2.75) is 13.8 Å². The standard InChI is InChI=1S/C9H14ClN3S/c1-6-7(2)9(11-4-5-14-3)13-12-8(6)10/h4-5H2,1-3H3,(H,11,13). The second-order valence-electron chi connectivity index (χ2n) is 3.01. The van der Waals surface area contributed by atoms with Gasteiger partial charge in [0.2, 0.25) is 0 Å². The van der Waals surface area contributed by atoms with Crippen molar-refractivity contribution in [3.8, 4) is 0 Å². The third-order valence-corrected chi connectivity index (χ3v) is 3.04. The second kappa shape index (κ2) is 5.41. The maximum Gasteiger partial charge on any atom is 0.155 e. The highest BCUT2D eigenvalue weighted by molar-refractivity contribution is 7.98. The van der Waals surface area contributed by atoms with Crippen LogP contribution in [-0.4, -0.2) is 28.8 Å². The van der Waals surface area contributed by atoms with Crippen LogP contribution in [0.4, 0.5) is 5.82 Å². The van der Waals surface area contributed by atoms with Gasteiger partial charge in [0.05, 0.1) is 0 Å².